The molecule has 3 N–H and O–H groups in total. The molecule has 2 nitrogen and oxygen atoms in total. The lowest BCUT2D eigenvalue weighted by Gasteiger charge is -2.22. The summed E-state index contributed by atoms with van der Waals surface area (Å²) in [5.74, 6) is -4.36. The number of aliphatic hydroxyl groups excluding tert-OH is 1. The van der Waals surface area contributed by atoms with Crippen molar-refractivity contribution in [2.24, 2.45) is 5.73 Å². The third-order valence-electron chi connectivity index (χ3n) is 1.96. The molecule has 0 aliphatic rings. The smallest absolute Gasteiger partial charge is 0.289 e. The highest BCUT2D eigenvalue weighted by Gasteiger charge is 2.38. The number of benzene rings is 1. The molecule has 0 saturated carbocycles. The second-order valence-electron chi connectivity index (χ2n) is 3.06. The number of hydrogen-bond acceptors (Lipinski definition) is 2. The third kappa shape index (κ3) is 3.35. The van der Waals surface area contributed by atoms with Gasteiger partial charge in [-0.3, -0.25) is 0 Å². The van der Waals surface area contributed by atoms with Gasteiger partial charge in [0.15, 0.2) is 0 Å². The van der Waals surface area contributed by atoms with Gasteiger partial charge in [-0.2, -0.15) is 0 Å². The lowest BCUT2D eigenvalue weighted by molar-refractivity contribution is -0.0718. The van der Waals surface area contributed by atoms with E-state index in [1.54, 1.807) is 0 Å². The molecule has 1 aromatic rings. The molecule has 1 aromatic carbocycles. The maximum absolute atomic E-state index is 13.2. The molecule has 0 aliphatic carbocycles. The van der Waals surface area contributed by atoms with Crippen molar-refractivity contribution in [1.29, 1.82) is 0 Å². The molecule has 0 aliphatic heterocycles. The number of rotatable bonds is 3. The van der Waals surface area contributed by atoms with Crippen molar-refractivity contribution < 1.29 is 18.3 Å². The van der Waals surface area contributed by atoms with Crippen LogP contribution in [0.2, 0.25) is 0 Å². The molecule has 0 amide bonds. The van der Waals surface area contributed by atoms with E-state index in [9.17, 15) is 13.2 Å². The average molecular weight is 321 g/mol. The number of alkyl halides is 2. The quantitative estimate of drug-likeness (QED) is 0.899. The zero-order valence-corrected chi connectivity index (χ0v) is 10.4. The third-order valence-corrected chi connectivity index (χ3v) is 2.46. The zero-order valence-electron chi connectivity index (χ0n) is 7.96. The molecule has 1 rings (SSSR count). The molecule has 0 heterocycles. The Kier molecular flexibility index (Phi) is 5.75. The molecule has 0 fully saturated rings. The summed E-state index contributed by atoms with van der Waals surface area (Å²) in [6.45, 7) is -1.41. The summed E-state index contributed by atoms with van der Waals surface area (Å²) in [5, 5.41) is 8.41. The Morgan fingerprint density at radius 1 is 1.44 bits per heavy atom. The minimum atomic E-state index is -3.53. The highest BCUT2D eigenvalue weighted by molar-refractivity contribution is 9.10. The van der Waals surface area contributed by atoms with Gasteiger partial charge < -0.3 is 10.8 Å². The number of hydrogen-bond donors (Lipinski definition) is 2. The van der Waals surface area contributed by atoms with E-state index in [1.165, 1.54) is 6.07 Å². The summed E-state index contributed by atoms with van der Waals surface area (Å²) < 4.78 is 39.6. The van der Waals surface area contributed by atoms with Crippen molar-refractivity contribution in [3.63, 3.8) is 0 Å². The van der Waals surface area contributed by atoms with Crippen LogP contribution >= 0.6 is 28.3 Å². The minimum absolute atomic E-state index is 0. The first kappa shape index (κ1) is 15.7. The Morgan fingerprint density at radius 2 is 2.00 bits per heavy atom. The highest BCUT2D eigenvalue weighted by atomic mass is 79.9. The molecule has 16 heavy (non-hydrogen) atoms. The Morgan fingerprint density at radius 3 is 2.44 bits per heavy atom. The largest absolute Gasteiger partial charge is 0.390 e. The Balaban J connectivity index is 0.00000225. The summed E-state index contributed by atoms with van der Waals surface area (Å²) in [7, 11) is 0. The molecule has 7 heteroatoms. The van der Waals surface area contributed by atoms with Gasteiger partial charge in [-0.15, -0.1) is 12.4 Å². The fourth-order valence-corrected chi connectivity index (χ4v) is 1.41. The van der Waals surface area contributed by atoms with Gasteiger partial charge in [-0.25, -0.2) is 13.2 Å². The number of halogens is 5. The van der Waals surface area contributed by atoms with Crippen molar-refractivity contribution in [3.8, 4) is 0 Å². The monoisotopic (exact) mass is 319 g/mol. The molecular formula is C9H10BrClF3NO. The van der Waals surface area contributed by atoms with Gasteiger partial charge >= 0.3 is 0 Å². The molecular weight excluding hydrogens is 310 g/mol. The van der Waals surface area contributed by atoms with Crippen LogP contribution in [0.3, 0.4) is 0 Å². The maximum atomic E-state index is 13.2. The second kappa shape index (κ2) is 5.86. The Bertz CT molecular complexity index is 365. The predicted octanol–water partition coefficient (Wildman–Crippen LogP) is 2.64. The molecule has 92 valence electrons. The Hall–Kier alpha value is -0.300. The van der Waals surface area contributed by atoms with Crippen LogP contribution in [0.25, 0.3) is 0 Å². The molecule has 0 radical (unpaired) electrons. The van der Waals surface area contributed by atoms with Gasteiger partial charge in [0.2, 0.25) is 0 Å². The first-order valence-corrected chi connectivity index (χ1v) is 4.87. The summed E-state index contributed by atoms with van der Waals surface area (Å²) in [6.07, 6.45) is 0. The Labute approximate surface area is 105 Å². The molecule has 0 aromatic heterocycles. The van der Waals surface area contributed by atoms with E-state index >= 15 is 0 Å². The van der Waals surface area contributed by atoms with Crippen LogP contribution in [-0.2, 0) is 0 Å². The van der Waals surface area contributed by atoms with Crippen molar-refractivity contribution in [1.82, 2.24) is 0 Å². The van der Waals surface area contributed by atoms with Crippen LogP contribution in [0.5, 0.6) is 0 Å². The van der Waals surface area contributed by atoms with E-state index in [4.69, 9.17) is 10.8 Å². The summed E-state index contributed by atoms with van der Waals surface area (Å²) in [5.41, 5.74) is 4.85. The van der Waals surface area contributed by atoms with Crippen molar-refractivity contribution in [3.05, 3.63) is 34.1 Å². The van der Waals surface area contributed by atoms with E-state index in [2.05, 4.69) is 15.9 Å². The van der Waals surface area contributed by atoms with Crippen LogP contribution in [0.1, 0.15) is 11.6 Å². The number of aliphatic hydroxyl groups is 1. The lowest BCUT2D eigenvalue weighted by Crippen LogP contribution is -2.36. The van der Waals surface area contributed by atoms with Crippen molar-refractivity contribution >= 4 is 28.3 Å². The van der Waals surface area contributed by atoms with E-state index in [1.807, 2.05) is 0 Å². The summed E-state index contributed by atoms with van der Waals surface area (Å²) in [4.78, 5) is 0. The molecule has 0 spiro atoms. The van der Waals surface area contributed by atoms with E-state index < -0.39 is 24.4 Å². The van der Waals surface area contributed by atoms with Gasteiger partial charge in [0.25, 0.3) is 5.92 Å². The topological polar surface area (TPSA) is 46.2 Å². The minimum Gasteiger partial charge on any atom is -0.390 e. The lowest BCUT2D eigenvalue weighted by atomic mass is 10.0. The van der Waals surface area contributed by atoms with Crippen LogP contribution in [-0.4, -0.2) is 17.6 Å². The van der Waals surface area contributed by atoms with Gasteiger partial charge in [0.05, 0.1) is 6.04 Å². The molecule has 0 saturated heterocycles. The first-order valence-electron chi connectivity index (χ1n) is 4.07. The standard InChI is InChI=1S/C9H9BrF3NO.ClH/c10-5-1-2-6(7(11)3-5)8(14)9(12,13)4-15;/h1-3,8,15H,4,14H2;1H/t8-;/m0./s1. The van der Waals surface area contributed by atoms with E-state index in [0.29, 0.717) is 4.47 Å². The fourth-order valence-electron chi connectivity index (χ4n) is 1.08. The summed E-state index contributed by atoms with van der Waals surface area (Å²) in [6, 6.07) is 1.76. The average Bonchev–Trinajstić information content (AvgIpc) is 2.17. The highest BCUT2D eigenvalue weighted by Crippen LogP contribution is 2.31. The SMILES string of the molecule is Cl.N[C@@H](c1ccc(Br)cc1F)C(F)(F)CO. The van der Waals surface area contributed by atoms with Crippen LogP contribution in [0.4, 0.5) is 13.2 Å². The van der Waals surface area contributed by atoms with Crippen molar-refractivity contribution in [2.45, 2.75) is 12.0 Å². The summed E-state index contributed by atoms with van der Waals surface area (Å²) >= 11 is 3.00. The van der Waals surface area contributed by atoms with Crippen molar-refractivity contribution in [2.75, 3.05) is 6.61 Å². The normalized spacial score (nSPS) is 13.1. The van der Waals surface area contributed by atoms with Gasteiger partial charge in [0.1, 0.15) is 12.4 Å². The number of nitrogens with two attached hydrogens (primary N) is 1. The predicted molar refractivity (Wildman–Crippen MR) is 60.3 cm³/mol. The van der Waals surface area contributed by atoms with E-state index in [0.717, 1.165) is 12.1 Å². The van der Waals surface area contributed by atoms with E-state index in [-0.39, 0.29) is 18.0 Å². The van der Waals surface area contributed by atoms with Gasteiger partial charge in [0, 0.05) is 10.0 Å². The zero-order chi connectivity index (χ0) is 11.6. The maximum Gasteiger partial charge on any atom is 0.289 e. The fraction of sp³-hybridized carbons (Fsp3) is 0.333. The van der Waals surface area contributed by atoms with Gasteiger partial charge in [-0.1, -0.05) is 22.0 Å². The van der Waals surface area contributed by atoms with Crippen LogP contribution in [0.15, 0.2) is 22.7 Å². The first-order chi connectivity index (χ1) is 6.88. The second-order valence-corrected chi connectivity index (χ2v) is 3.98. The van der Waals surface area contributed by atoms with Crippen LogP contribution in [0, 0.1) is 5.82 Å². The molecule has 0 bridgehead atoms. The van der Waals surface area contributed by atoms with Gasteiger partial charge in [-0.05, 0) is 12.1 Å². The molecule has 0 unspecified atom stereocenters. The molecule has 1 atom stereocenters. The van der Waals surface area contributed by atoms with Crippen LogP contribution < -0.4 is 5.73 Å².